The molecule has 1 saturated heterocycles. The van der Waals surface area contributed by atoms with Gasteiger partial charge in [0.2, 0.25) is 0 Å². The van der Waals surface area contributed by atoms with E-state index in [1.54, 1.807) is 7.11 Å². The number of rotatable bonds is 6. The van der Waals surface area contributed by atoms with Crippen LogP contribution in [-0.2, 0) is 14.9 Å². The summed E-state index contributed by atoms with van der Waals surface area (Å²) < 4.78 is 10.7. The predicted octanol–water partition coefficient (Wildman–Crippen LogP) is 4.99. The van der Waals surface area contributed by atoms with E-state index in [2.05, 4.69) is 53.4 Å². The molecule has 4 heteroatoms. The summed E-state index contributed by atoms with van der Waals surface area (Å²) in [4.78, 5) is 15.5. The Kier molecular flexibility index (Phi) is 6.38. The summed E-state index contributed by atoms with van der Waals surface area (Å²) >= 11 is 0. The van der Waals surface area contributed by atoms with Crippen molar-refractivity contribution >= 4 is 5.97 Å². The number of carbonyl (C=O) groups is 1. The third kappa shape index (κ3) is 4.21. The third-order valence-corrected chi connectivity index (χ3v) is 6.45. The normalized spacial score (nSPS) is 16.1. The highest BCUT2D eigenvalue weighted by Gasteiger charge is 2.45. The lowest BCUT2D eigenvalue weighted by molar-refractivity contribution is -0.150. The molecule has 0 amide bonds. The standard InChI is InChI=1S/C27H29NO3/c1-30-24-15-9-14-23(20-24)27(26(29)31-2)16-18-28(19-17-27)25(21-10-5-3-6-11-21)22-12-7-4-8-13-22/h3-15,20,25H,16-19H2,1-2H3. The molecule has 3 aromatic carbocycles. The smallest absolute Gasteiger partial charge is 0.316 e. The van der Waals surface area contributed by atoms with Crippen molar-refractivity contribution in [2.24, 2.45) is 0 Å². The largest absolute Gasteiger partial charge is 0.497 e. The van der Waals surface area contributed by atoms with Gasteiger partial charge in [-0.2, -0.15) is 0 Å². The molecule has 31 heavy (non-hydrogen) atoms. The molecule has 0 atom stereocenters. The van der Waals surface area contributed by atoms with Gasteiger partial charge >= 0.3 is 5.97 Å². The van der Waals surface area contributed by atoms with Crippen molar-refractivity contribution in [1.29, 1.82) is 0 Å². The van der Waals surface area contributed by atoms with E-state index in [-0.39, 0.29) is 12.0 Å². The van der Waals surface area contributed by atoms with Gasteiger partial charge in [-0.15, -0.1) is 0 Å². The molecule has 0 unspecified atom stereocenters. The zero-order valence-electron chi connectivity index (χ0n) is 18.2. The molecule has 4 rings (SSSR count). The fraction of sp³-hybridized carbons (Fsp3) is 0.296. The second-order valence-electron chi connectivity index (χ2n) is 8.07. The first-order chi connectivity index (χ1) is 15.2. The summed E-state index contributed by atoms with van der Waals surface area (Å²) in [6.07, 6.45) is 1.39. The number of likely N-dealkylation sites (tertiary alicyclic amines) is 1. The van der Waals surface area contributed by atoms with E-state index in [0.29, 0.717) is 12.8 Å². The van der Waals surface area contributed by atoms with E-state index < -0.39 is 5.41 Å². The molecule has 0 aliphatic carbocycles. The molecule has 0 saturated carbocycles. The van der Waals surface area contributed by atoms with Crippen LogP contribution in [-0.4, -0.2) is 38.2 Å². The van der Waals surface area contributed by atoms with Crippen molar-refractivity contribution in [1.82, 2.24) is 4.90 Å². The van der Waals surface area contributed by atoms with Gasteiger partial charge in [0, 0.05) is 13.1 Å². The van der Waals surface area contributed by atoms with Gasteiger partial charge in [-0.05, 0) is 41.7 Å². The maximum atomic E-state index is 13.0. The highest BCUT2D eigenvalue weighted by molar-refractivity contribution is 5.83. The molecule has 1 fully saturated rings. The first kappa shape index (κ1) is 21.1. The van der Waals surface area contributed by atoms with Gasteiger partial charge in [0.25, 0.3) is 0 Å². The Morgan fingerprint density at radius 3 is 1.94 bits per heavy atom. The first-order valence-corrected chi connectivity index (χ1v) is 10.7. The molecular weight excluding hydrogens is 386 g/mol. The summed E-state index contributed by atoms with van der Waals surface area (Å²) in [5, 5.41) is 0. The maximum Gasteiger partial charge on any atom is 0.316 e. The molecule has 160 valence electrons. The van der Waals surface area contributed by atoms with Gasteiger partial charge in [0.1, 0.15) is 5.75 Å². The Bertz CT molecular complexity index is 956. The quantitative estimate of drug-likeness (QED) is 0.532. The van der Waals surface area contributed by atoms with Crippen molar-refractivity contribution in [2.75, 3.05) is 27.3 Å². The van der Waals surface area contributed by atoms with E-state index in [1.807, 2.05) is 36.4 Å². The minimum atomic E-state index is -0.655. The third-order valence-electron chi connectivity index (χ3n) is 6.45. The second-order valence-corrected chi connectivity index (χ2v) is 8.07. The van der Waals surface area contributed by atoms with Gasteiger partial charge in [-0.3, -0.25) is 9.69 Å². The number of ether oxygens (including phenoxy) is 2. The van der Waals surface area contributed by atoms with Crippen LogP contribution in [0.25, 0.3) is 0 Å². The molecule has 3 aromatic rings. The van der Waals surface area contributed by atoms with Crippen LogP contribution in [0.15, 0.2) is 84.9 Å². The Morgan fingerprint density at radius 1 is 0.839 bits per heavy atom. The van der Waals surface area contributed by atoms with Crippen molar-refractivity contribution in [2.45, 2.75) is 24.3 Å². The second kappa shape index (κ2) is 9.36. The molecule has 0 bridgehead atoms. The Hall–Kier alpha value is -3.11. The van der Waals surface area contributed by atoms with Crippen LogP contribution in [0.3, 0.4) is 0 Å². The van der Waals surface area contributed by atoms with Crippen molar-refractivity contribution in [3.05, 3.63) is 102 Å². The molecule has 0 spiro atoms. The van der Waals surface area contributed by atoms with Gasteiger partial charge in [0.15, 0.2) is 0 Å². The lowest BCUT2D eigenvalue weighted by Gasteiger charge is -2.43. The molecule has 1 aliphatic rings. The number of hydrogen-bond donors (Lipinski definition) is 0. The van der Waals surface area contributed by atoms with Gasteiger partial charge in [0.05, 0.1) is 25.7 Å². The van der Waals surface area contributed by atoms with Gasteiger partial charge < -0.3 is 9.47 Å². The average Bonchev–Trinajstić information content (AvgIpc) is 2.85. The summed E-state index contributed by atoms with van der Waals surface area (Å²) in [5.41, 5.74) is 2.84. The average molecular weight is 416 g/mol. The summed E-state index contributed by atoms with van der Waals surface area (Å²) in [6.45, 7) is 1.58. The summed E-state index contributed by atoms with van der Waals surface area (Å²) in [7, 11) is 3.13. The molecule has 1 aliphatic heterocycles. The van der Waals surface area contributed by atoms with Gasteiger partial charge in [-0.25, -0.2) is 0 Å². The Morgan fingerprint density at radius 2 is 1.42 bits per heavy atom. The van der Waals surface area contributed by atoms with Crippen molar-refractivity contribution in [3.8, 4) is 5.75 Å². The number of hydrogen-bond acceptors (Lipinski definition) is 4. The van der Waals surface area contributed by atoms with Crippen LogP contribution in [0.2, 0.25) is 0 Å². The number of methoxy groups -OCH3 is 2. The molecule has 1 heterocycles. The number of piperidine rings is 1. The summed E-state index contributed by atoms with van der Waals surface area (Å²) in [6, 6.07) is 29.2. The zero-order chi connectivity index (χ0) is 21.7. The number of carbonyl (C=O) groups excluding carboxylic acids is 1. The molecule has 0 radical (unpaired) electrons. The van der Waals surface area contributed by atoms with E-state index in [4.69, 9.17) is 9.47 Å². The molecule has 0 N–H and O–H groups in total. The first-order valence-electron chi connectivity index (χ1n) is 10.7. The highest BCUT2D eigenvalue weighted by atomic mass is 16.5. The van der Waals surface area contributed by atoms with Crippen molar-refractivity contribution in [3.63, 3.8) is 0 Å². The van der Waals surface area contributed by atoms with Crippen LogP contribution >= 0.6 is 0 Å². The van der Waals surface area contributed by atoms with E-state index in [9.17, 15) is 4.79 Å². The summed E-state index contributed by atoms with van der Waals surface area (Å²) in [5.74, 6) is 0.589. The molecular formula is C27H29NO3. The van der Waals surface area contributed by atoms with Crippen LogP contribution in [0.1, 0.15) is 35.6 Å². The van der Waals surface area contributed by atoms with Crippen LogP contribution < -0.4 is 4.74 Å². The molecule has 0 aromatic heterocycles. The molecule has 4 nitrogen and oxygen atoms in total. The number of esters is 1. The SMILES string of the molecule is COC(=O)C1(c2cccc(OC)c2)CCN(C(c2ccccc2)c2ccccc2)CC1. The fourth-order valence-corrected chi connectivity index (χ4v) is 4.78. The number of nitrogens with zero attached hydrogens (tertiary/aromatic N) is 1. The fourth-order valence-electron chi connectivity index (χ4n) is 4.78. The predicted molar refractivity (Wildman–Crippen MR) is 122 cm³/mol. The van der Waals surface area contributed by atoms with E-state index in [1.165, 1.54) is 18.2 Å². The minimum absolute atomic E-state index is 0.156. The van der Waals surface area contributed by atoms with Crippen LogP contribution in [0.5, 0.6) is 5.75 Å². The van der Waals surface area contributed by atoms with Crippen LogP contribution in [0, 0.1) is 0 Å². The van der Waals surface area contributed by atoms with Gasteiger partial charge in [-0.1, -0.05) is 72.8 Å². The van der Waals surface area contributed by atoms with E-state index >= 15 is 0 Å². The minimum Gasteiger partial charge on any atom is -0.497 e. The number of benzene rings is 3. The highest BCUT2D eigenvalue weighted by Crippen LogP contribution is 2.41. The Labute approximate surface area is 184 Å². The monoisotopic (exact) mass is 415 g/mol. The topological polar surface area (TPSA) is 38.8 Å². The van der Waals surface area contributed by atoms with Crippen LogP contribution in [0.4, 0.5) is 0 Å². The van der Waals surface area contributed by atoms with Crippen molar-refractivity contribution < 1.29 is 14.3 Å². The lowest BCUT2D eigenvalue weighted by Crippen LogP contribution is -2.48. The zero-order valence-corrected chi connectivity index (χ0v) is 18.2. The Balaban J connectivity index is 1.66. The van der Waals surface area contributed by atoms with E-state index in [0.717, 1.165) is 24.4 Å². The maximum absolute atomic E-state index is 13.0. The lowest BCUT2D eigenvalue weighted by atomic mass is 9.72.